The van der Waals surface area contributed by atoms with Gasteiger partial charge in [-0.15, -0.1) is 0 Å². The minimum atomic E-state index is -0.168. The lowest BCUT2D eigenvalue weighted by atomic mass is 9.79. The Morgan fingerprint density at radius 1 is 0.634 bits per heavy atom. The molecule has 0 saturated heterocycles. The summed E-state index contributed by atoms with van der Waals surface area (Å²) >= 11 is 0. The van der Waals surface area contributed by atoms with Gasteiger partial charge in [-0.2, -0.15) is 0 Å². The van der Waals surface area contributed by atoms with Gasteiger partial charge in [0.05, 0.1) is 6.04 Å². The zero-order chi connectivity index (χ0) is 31.0. The van der Waals surface area contributed by atoms with Gasteiger partial charge in [-0.3, -0.25) is 9.98 Å². The first-order chi connectivity index (χ1) is 18.7. The second-order valence-corrected chi connectivity index (χ2v) is 16.3. The lowest BCUT2D eigenvalue weighted by Gasteiger charge is -2.28. The van der Waals surface area contributed by atoms with Crippen molar-refractivity contribution in [2.24, 2.45) is 15.9 Å². The van der Waals surface area contributed by atoms with Crippen molar-refractivity contribution in [1.82, 2.24) is 0 Å². The Labute approximate surface area is 250 Å². The molecule has 0 spiro atoms. The Morgan fingerprint density at radius 3 is 1.51 bits per heavy atom. The summed E-state index contributed by atoms with van der Waals surface area (Å²) in [4.78, 5) is 9.95. The molecule has 4 nitrogen and oxygen atoms in total. The zero-order valence-electron chi connectivity index (χ0n) is 27.9. The SMILES string of the molecule is CC(C)(C)c1cc(C=NC[C@H]2CCCC[C@H]2N=Cc2cc(C(C)(C)C)cc(C(C)(C)C)c2O)c(O)c(C(C)(C)C)c1. The number of rotatable bonds is 5. The molecule has 2 aromatic carbocycles. The van der Waals surface area contributed by atoms with Crippen LogP contribution >= 0.6 is 0 Å². The molecule has 4 heteroatoms. The smallest absolute Gasteiger partial charge is 0.128 e. The molecule has 2 atom stereocenters. The molecule has 0 aromatic heterocycles. The molecule has 2 N–H and O–H groups in total. The van der Waals surface area contributed by atoms with Crippen LogP contribution in [0.1, 0.15) is 142 Å². The molecule has 0 unspecified atom stereocenters. The van der Waals surface area contributed by atoms with Gasteiger partial charge >= 0.3 is 0 Å². The number of phenols is 2. The van der Waals surface area contributed by atoms with Crippen LogP contribution in [0.25, 0.3) is 0 Å². The van der Waals surface area contributed by atoms with Gasteiger partial charge in [0.15, 0.2) is 0 Å². The molecule has 226 valence electrons. The Kier molecular flexibility index (Phi) is 9.57. The van der Waals surface area contributed by atoms with Gasteiger partial charge in [0, 0.05) is 47.1 Å². The van der Waals surface area contributed by atoms with E-state index in [0.29, 0.717) is 24.0 Å². The van der Waals surface area contributed by atoms with Crippen LogP contribution in [0.5, 0.6) is 11.5 Å². The lowest BCUT2D eigenvalue weighted by molar-refractivity contribution is 0.318. The first-order valence-electron chi connectivity index (χ1n) is 15.5. The molecular weight excluding hydrogens is 504 g/mol. The summed E-state index contributed by atoms with van der Waals surface area (Å²) in [5.74, 6) is 1.00. The van der Waals surface area contributed by atoms with Crippen molar-refractivity contribution in [2.45, 2.75) is 136 Å². The van der Waals surface area contributed by atoms with Crippen molar-refractivity contribution in [3.8, 4) is 11.5 Å². The van der Waals surface area contributed by atoms with Crippen LogP contribution < -0.4 is 0 Å². The van der Waals surface area contributed by atoms with Gasteiger partial charge in [-0.1, -0.05) is 108 Å². The van der Waals surface area contributed by atoms with Gasteiger partial charge in [0.1, 0.15) is 11.5 Å². The number of aromatic hydroxyl groups is 2. The zero-order valence-corrected chi connectivity index (χ0v) is 27.9. The highest BCUT2D eigenvalue weighted by molar-refractivity contribution is 5.86. The Hall–Kier alpha value is -2.62. The predicted molar refractivity (Wildman–Crippen MR) is 177 cm³/mol. The van der Waals surface area contributed by atoms with Crippen molar-refractivity contribution >= 4 is 12.4 Å². The van der Waals surface area contributed by atoms with E-state index in [9.17, 15) is 10.2 Å². The fourth-order valence-corrected chi connectivity index (χ4v) is 5.58. The van der Waals surface area contributed by atoms with E-state index in [1.54, 1.807) is 0 Å². The van der Waals surface area contributed by atoms with Crippen LogP contribution in [0, 0.1) is 5.92 Å². The summed E-state index contributed by atoms with van der Waals surface area (Å²) in [6.45, 7) is 26.8. The number of hydrogen-bond acceptors (Lipinski definition) is 4. The topological polar surface area (TPSA) is 65.2 Å². The molecule has 0 amide bonds. The van der Waals surface area contributed by atoms with Crippen molar-refractivity contribution < 1.29 is 10.2 Å². The second-order valence-electron chi connectivity index (χ2n) is 16.3. The fourth-order valence-electron chi connectivity index (χ4n) is 5.58. The van der Waals surface area contributed by atoms with Crippen molar-refractivity contribution in [3.63, 3.8) is 0 Å². The number of hydrogen-bond donors (Lipinski definition) is 2. The van der Waals surface area contributed by atoms with Crippen LogP contribution in [0.4, 0.5) is 0 Å². The van der Waals surface area contributed by atoms with Gasteiger partial charge in [0.2, 0.25) is 0 Å². The quantitative estimate of drug-likeness (QED) is 0.358. The van der Waals surface area contributed by atoms with Crippen molar-refractivity contribution in [2.75, 3.05) is 6.54 Å². The maximum Gasteiger partial charge on any atom is 0.128 e. The third kappa shape index (κ3) is 8.23. The summed E-state index contributed by atoms with van der Waals surface area (Å²) < 4.78 is 0. The first kappa shape index (κ1) is 32.9. The summed E-state index contributed by atoms with van der Waals surface area (Å²) in [7, 11) is 0. The Morgan fingerprint density at radius 2 is 1.07 bits per heavy atom. The predicted octanol–water partition coefficient (Wildman–Crippen LogP) is 9.38. The molecule has 41 heavy (non-hydrogen) atoms. The first-order valence-corrected chi connectivity index (χ1v) is 15.5. The van der Waals surface area contributed by atoms with Crippen LogP contribution in [-0.2, 0) is 21.7 Å². The fraction of sp³-hybridized carbons (Fsp3) is 0.622. The molecule has 1 aliphatic carbocycles. The van der Waals surface area contributed by atoms with E-state index >= 15 is 0 Å². The highest BCUT2D eigenvalue weighted by Gasteiger charge is 2.27. The van der Waals surface area contributed by atoms with E-state index in [1.807, 2.05) is 12.4 Å². The molecule has 0 radical (unpaired) electrons. The number of phenolic OH excluding ortho intramolecular Hbond substituents is 2. The molecule has 3 rings (SSSR count). The summed E-state index contributed by atoms with van der Waals surface area (Å²) in [6, 6.07) is 8.65. The monoisotopic (exact) mass is 560 g/mol. The molecule has 1 aliphatic rings. The van der Waals surface area contributed by atoms with Crippen LogP contribution in [0.15, 0.2) is 34.3 Å². The Bertz CT molecular complexity index is 1270. The minimum Gasteiger partial charge on any atom is -0.507 e. The van der Waals surface area contributed by atoms with E-state index in [2.05, 4.69) is 107 Å². The maximum absolute atomic E-state index is 11.2. The molecule has 0 aliphatic heterocycles. The highest BCUT2D eigenvalue weighted by atomic mass is 16.3. The third-order valence-corrected chi connectivity index (χ3v) is 8.47. The minimum absolute atomic E-state index is 0.0256. The number of nitrogens with zero attached hydrogens (tertiary/aromatic N) is 2. The molecule has 1 fully saturated rings. The average Bonchev–Trinajstić information content (AvgIpc) is 2.82. The highest BCUT2D eigenvalue weighted by Crippen LogP contribution is 2.39. The molecule has 1 saturated carbocycles. The summed E-state index contributed by atoms with van der Waals surface area (Å²) in [5.41, 5.74) is 5.53. The van der Waals surface area contributed by atoms with E-state index in [0.717, 1.165) is 41.5 Å². The second kappa shape index (κ2) is 11.9. The van der Waals surface area contributed by atoms with E-state index in [1.165, 1.54) is 17.5 Å². The van der Waals surface area contributed by atoms with Crippen LogP contribution in [0.2, 0.25) is 0 Å². The average molecular weight is 561 g/mol. The number of aliphatic imine (C=N–C) groups is 2. The van der Waals surface area contributed by atoms with Gasteiger partial charge < -0.3 is 10.2 Å². The van der Waals surface area contributed by atoms with Crippen LogP contribution in [-0.4, -0.2) is 35.2 Å². The standard InChI is InChI=1S/C37H56N2O2/c1-34(2,3)27-17-25(32(40)29(19-27)36(7,8)9)22-38-21-24-15-13-14-16-31(24)39-23-26-18-28(35(4,5)6)20-30(33(26)41)37(10,11)12/h17-20,22-24,31,40-41H,13-16,21H2,1-12H3/t24-,31-/m1/s1. The lowest BCUT2D eigenvalue weighted by Crippen LogP contribution is -2.26. The maximum atomic E-state index is 11.2. The van der Waals surface area contributed by atoms with Gasteiger partial charge in [-0.25, -0.2) is 0 Å². The van der Waals surface area contributed by atoms with Gasteiger partial charge in [-0.05, 0) is 57.8 Å². The van der Waals surface area contributed by atoms with E-state index < -0.39 is 0 Å². The summed E-state index contributed by atoms with van der Waals surface area (Å²) in [6.07, 6.45) is 8.23. The molecule has 2 aromatic rings. The van der Waals surface area contributed by atoms with Crippen molar-refractivity contribution in [3.05, 3.63) is 57.6 Å². The third-order valence-electron chi connectivity index (χ3n) is 8.47. The van der Waals surface area contributed by atoms with E-state index in [-0.39, 0.29) is 27.7 Å². The normalized spacial score (nSPS) is 19.4. The molecule has 0 bridgehead atoms. The van der Waals surface area contributed by atoms with Crippen molar-refractivity contribution in [1.29, 1.82) is 0 Å². The molecular formula is C37H56N2O2. The number of benzene rings is 2. The summed E-state index contributed by atoms with van der Waals surface area (Å²) in [5, 5.41) is 22.4. The largest absolute Gasteiger partial charge is 0.507 e. The Balaban J connectivity index is 1.90. The van der Waals surface area contributed by atoms with Crippen LogP contribution in [0.3, 0.4) is 0 Å². The van der Waals surface area contributed by atoms with E-state index in [4.69, 9.17) is 9.98 Å². The van der Waals surface area contributed by atoms with Gasteiger partial charge in [0.25, 0.3) is 0 Å². The molecule has 0 heterocycles.